The molecule has 192 valence electrons. The van der Waals surface area contributed by atoms with E-state index in [1.165, 1.54) is 25.0 Å². The van der Waals surface area contributed by atoms with Gasteiger partial charge in [-0.15, -0.1) is 5.10 Å². The number of nitrogens with zero attached hydrogens (tertiary/aromatic N) is 6. The molecule has 2 aromatic carbocycles. The highest BCUT2D eigenvalue weighted by atomic mass is 19.1. The molecule has 2 aromatic heterocycles. The van der Waals surface area contributed by atoms with Crippen LogP contribution in [-0.2, 0) is 0 Å². The second-order valence-corrected chi connectivity index (χ2v) is 10.4. The molecule has 0 amide bonds. The monoisotopic (exact) mass is 501 g/mol. The van der Waals surface area contributed by atoms with Crippen LogP contribution in [-0.4, -0.2) is 56.3 Å². The van der Waals surface area contributed by atoms with Crippen molar-refractivity contribution in [2.45, 2.75) is 51.6 Å². The van der Waals surface area contributed by atoms with E-state index in [0.717, 1.165) is 72.6 Å². The van der Waals surface area contributed by atoms with Gasteiger partial charge in [0.2, 0.25) is 0 Å². The molecule has 1 atom stereocenters. The van der Waals surface area contributed by atoms with Crippen LogP contribution in [0.25, 0.3) is 10.9 Å². The number of piperazine rings is 1. The van der Waals surface area contributed by atoms with Crippen LogP contribution >= 0.6 is 0 Å². The van der Waals surface area contributed by atoms with Gasteiger partial charge in [-0.05, 0) is 78.6 Å². The van der Waals surface area contributed by atoms with Crippen LogP contribution in [0.5, 0.6) is 0 Å². The number of anilines is 1. The van der Waals surface area contributed by atoms with Gasteiger partial charge in [0, 0.05) is 42.8 Å². The lowest BCUT2D eigenvalue weighted by atomic mass is 9.99. The van der Waals surface area contributed by atoms with E-state index < -0.39 is 0 Å². The standard InChI is InChI=1S/C28H32FN7O/c1-18-7-8-19(2)25-23(18)17-24(28(37)30-25)26(27-31-32-33-36(27)22-5-3-4-6-22)35-15-13-34(14-16-35)21-11-9-20(29)10-12-21/h7-12,17,22,26H,3-6,13-16H2,1-2H3,(H,30,37). The molecule has 1 unspecified atom stereocenters. The summed E-state index contributed by atoms with van der Waals surface area (Å²) in [5.74, 6) is 0.500. The molecule has 0 bridgehead atoms. The minimum absolute atomic E-state index is 0.104. The maximum Gasteiger partial charge on any atom is 0.253 e. The van der Waals surface area contributed by atoms with E-state index >= 15 is 0 Å². The quantitative estimate of drug-likeness (QED) is 0.439. The number of hydrogen-bond donors (Lipinski definition) is 1. The number of benzene rings is 2. The highest BCUT2D eigenvalue weighted by Crippen LogP contribution is 2.35. The van der Waals surface area contributed by atoms with Crippen LogP contribution in [0.1, 0.15) is 60.3 Å². The molecular formula is C28H32FN7O. The number of H-pyrrole nitrogens is 1. The molecule has 1 saturated carbocycles. The van der Waals surface area contributed by atoms with Gasteiger partial charge >= 0.3 is 0 Å². The molecule has 2 fully saturated rings. The first-order valence-electron chi connectivity index (χ1n) is 13.1. The van der Waals surface area contributed by atoms with E-state index in [-0.39, 0.29) is 23.5 Å². The molecule has 1 saturated heterocycles. The molecular weight excluding hydrogens is 469 g/mol. The fourth-order valence-electron chi connectivity index (χ4n) is 5.97. The number of pyridine rings is 1. The number of aromatic amines is 1. The van der Waals surface area contributed by atoms with Gasteiger partial charge in [0.05, 0.1) is 11.6 Å². The Hall–Kier alpha value is -3.59. The molecule has 0 radical (unpaired) electrons. The number of rotatable bonds is 5. The highest BCUT2D eigenvalue weighted by molar-refractivity contribution is 5.85. The number of aryl methyl sites for hydroxylation is 2. The minimum atomic E-state index is -0.362. The first-order chi connectivity index (χ1) is 18.0. The highest BCUT2D eigenvalue weighted by Gasteiger charge is 2.35. The molecule has 1 aliphatic carbocycles. The van der Waals surface area contributed by atoms with Crippen molar-refractivity contribution in [2.24, 2.45) is 0 Å². The number of fused-ring (bicyclic) bond motifs is 1. The third-order valence-electron chi connectivity index (χ3n) is 8.07. The molecule has 9 heteroatoms. The van der Waals surface area contributed by atoms with Crippen molar-refractivity contribution in [1.82, 2.24) is 30.1 Å². The second kappa shape index (κ2) is 9.70. The smallest absolute Gasteiger partial charge is 0.253 e. The Morgan fingerprint density at radius 1 is 0.973 bits per heavy atom. The summed E-state index contributed by atoms with van der Waals surface area (Å²) in [4.78, 5) is 21.4. The van der Waals surface area contributed by atoms with Crippen LogP contribution in [0.15, 0.2) is 47.3 Å². The molecule has 6 rings (SSSR count). The molecule has 3 heterocycles. The maximum atomic E-state index is 13.6. The predicted molar refractivity (Wildman–Crippen MR) is 141 cm³/mol. The van der Waals surface area contributed by atoms with Crippen molar-refractivity contribution in [3.63, 3.8) is 0 Å². The largest absolute Gasteiger partial charge is 0.369 e. The summed E-state index contributed by atoms with van der Waals surface area (Å²) in [6.07, 6.45) is 4.44. The average molecular weight is 502 g/mol. The van der Waals surface area contributed by atoms with Crippen molar-refractivity contribution in [1.29, 1.82) is 0 Å². The van der Waals surface area contributed by atoms with Crippen LogP contribution < -0.4 is 10.5 Å². The first-order valence-corrected chi connectivity index (χ1v) is 13.1. The molecule has 8 nitrogen and oxygen atoms in total. The van der Waals surface area contributed by atoms with Gasteiger partial charge in [0.15, 0.2) is 5.82 Å². The summed E-state index contributed by atoms with van der Waals surface area (Å²) < 4.78 is 15.4. The number of hydrogen-bond acceptors (Lipinski definition) is 6. The van der Waals surface area contributed by atoms with Crippen molar-refractivity contribution in [2.75, 3.05) is 31.1 Å². The van der Waals surface area contributed by atoms with Gasteiger partial charge in [-0.2, -0.15) is 0 Å². The summed E-state index contributed by atoms with van der Waals surface area (Å²) in [5, 5.41) is 14.0. The summed E-state index contributed by atoms with van der Waals surface area (Å²) in [7, 11) is 0. The third-order valence-corrected chi connectivity index (χ3v) is 8.07. The number of aromatic nitrogens is 5. The summed E-state index contributed by atoms with van der Waals surface area (Å²) in [6, 6.07) is 12.7. The normalized spacial score (nSPS) is 18.1. The third kappa shape index (κ3) is 4.41. The van der Waals surface area contributed by atoms with Gasteiger partial charge in [0.25, 0.3) is 5.56 Å². The fourth-order valence-corrected chi connectivity index (χ4v) is 5.97. The Kier molecular flexibility index (Phi) is 6.24. The van der Waals surface area contributed by atoms with E-state index in [1.54, 1.807) is 0 Å². The topological polar surface area (TPSA) is 82.9 Å². The SMILES string of the molecule is Cc1ccc(C)c2[nH]c(=O)c(C(c3nnnn3C3CCCC3)N3CCN(c4ccc(F)cc4)CC3)cc12. The van der Waals surface area contributed by atoms with Crippen molar-refractivity contribution < 1.29 is 4.39 Å². The number of nitrogens with one attached hydrogen (secondary N) is 1. The van der Waals surface area contributed by atoms with E-state index in [9.17, 15) is 9.18 Å². The van der Waals surface area contributed by atoms with E-state index in [4.69, 9.17) is 0 Å². The zero-order valence-corrected chi connectivity index (χ0v) is 21.3. The molecule has 2 aliphatic rings. The van der Waals surface area contributed by atoms with Gasteiger partial charge in [0.1, 0.15) is 11.9 Å². The second-order valence-electron chi connectivity index (χ2n) is 10.4. The van der Waals surface area contributed by atoms with Gasteiger partial charge in [-0.1, -0.05) is 25.0 Å². The Morgan fingerprint density at radius 3 is 2.41 bits per heavy atom. The molecule has 1 N–H and O–H groups in total. The van der Waals surface area contributed by atoms with E-state index in [0.29, 0.717) is 5.56 Å². The minimum Gasteiger partial charge on any atom is -0.369 e. The van der Waals surface area contributed by atoms with Crippen LogP contribution in [0.4, 0.5) is 10.1 Å². The van der Waals surface area contributed by atoms with Crippen molar-refractivity contribution in [3.8, 4) is 0 Å². The predicted octanol–water partition coefficient (Wildman–Crippen LogP) is 4.30. The van der Waals surface area contributed by atoms with Gasteiger partial charge in [-0.25, -0.2) is 9.07 Å². The summed E-state index contributed by atoms with van der Waals surface area (Å²) in [6.45, 7) is 7.06. The van der Waals surface area contributed by atoms with Crippen molar-refractivity contribution in [3.05, 3.63) is 81.2 Å². The molecule has 1 aliphatic heterocycles. The Balaban J connectivity index is 1.41. The number of halogens is 1. The van der Waals surface area contributed by atoms with Crippen LogP contribution in [0.2, 0.25) is 0 Å². The lowest BCUT2D eigenvalue weighted by molar-refractivity contribution is 0.197. The molecule has 4 aromatic rings. The van der Waals surface area contributed by atoms with E-state index in [2.05, 4.69) is 43.3 Å². The lowest BCUT2D eigenvalue weighted by Gasteiger charge is -2.39. The first kappa shape index (κ1) is 23.8. The Labute approximate surface area is 215 Å². The van der Waals surface area contributed by atoms with Gasteiger partial charge < -0.3 is 9.88 Å². The van der Waals surface area contributed by atoms with Crippen LogP contribution in [0, 0.1) is 19.7 Å². The zero-order chi connectivity index (χ0) is 25.5. The van der Waals surface area contributed by atoms with Crippen LogP contribution in [0.3, 0.4) is 0 Å². The maximum absolute atomic E-state index is 13.6. The Morgan fingerprint density at radius 2 is 1.68 bits per heavy atom. The van der Waals surface area contributed by atoms with Crippen molar-refractivity contribution >= 4 is 16.6 Å². The zero-order valence-electron chi connectivity index (χ0n) is 21.3. The molecule has 0 spiro atoms. The average Bonchev–Trinajstić information content (AvgIpc) is 3.61. The summed E-state index contributed by atoms with van der Waals surface area (Å²) >= 11 is 0. The van der Waals surface area contributed by atoms with E-state index in [1.807, 2.05) is 35.9 Å². The molecule has 37 heavy (non-hydrogen) atoms. The lowest BCUT2D eigenvalue weighted by Crippen LogP contribution is -2.49. The number of tetrazole rings is 1. The van der Waals surface area contributed by atoms with Gasteiger partial charge in [-0.3, -0.25) is 9.69 Å². The summed E-state index contributed by atoms with van der Waals surface area (Å²) in [5.41, 5.74) is 4.61. The Bertz CT molecular complexity index is 1460. The fraction of sp³-hybridized carbons (Fsp3) is 0.429.